The summed E-state index contributed by atoms with van der Waals surface area (Å²) in [5.74, 6) is -1.88. The molecule has 23 heavy (non-hydrogen) atoms. The Labute approximate surface area is 134 Å². The summed E-state index contributed by atoms with van der Waals surface area (Å²) in [6.07, 6.45) is 0. The van der Waals surface area contributed by atoms with E-state index < -0.39 is 30.3 Å². The van der Waals surface area contributed by atoms with Crippen molar-refractivity contribution in [3.05, 3.63) is 29.8 Å². The fourth-order valence-electron chi connectivity index (χ4n) is 1.17. The number of carbonyl (C=O) groups excluding carboxylic acids is 1. The van der Waals surface area contributed by atoms with Gasteiger partial charge >= 0.3 is 19.1 Å². The molecule has 0 saturated carbocycles. The predicted molar refractivity (Wildman–Crippen MR) is 82.2 cm³/mol. The molecule has 0 aliphatic heterocycles. The maximum Gasteiger partial charge on any atom is 0.488 e. The van der Waals surface area contributed by atoms with Gasteiger partial charge in [0.25, 0.3) is 0 Å². The van der Waals surface area contributed by atoms with E-state index in [1.54, 1.807) is 0 Å². The number of carboxylic acids is 1. The van der Waals surface area contributed by atoms with Crippen LogP contribution in [0.25, 0.3) is 0 Å². The van der Waals surface area contributed by atoms with Crippen LogP contribution in [0.1, 0.15) is 31.1 Å². The van der Waals surface area contributed by atoms with Crippen LogP contribution in [-0.2, 0) is 9.53 Å². The molecule has 1 aromatic rings. The summed E-state index contributed by atoms with van der Waals surface area (Å²) < 4.78 is 4.47. The zero-order chi connectivity index (χ0) is 18.4. The van der Waals surface area contributed by atoms with E-state index in [0.717, 1.165) is 6.92 Å². The number of ether oxygens (including phenoxy) is 1. The SMILES string of the molecule is CC(C)(O)C(C)(O)C(=O)O.COC(=O)c1ccc(B(O)O)cc1. The number of rotatable bonds is 4. The summed E-state index contributed by atoms with van der Waals surface area (Å²) in [6, 6.07) is 5.86. The van der Waals surface area contributed by atoms with E-state index in [1.165, 1.54) is 45.2 Å². The smallest absolute Gasteiger partial charge is 0.479 e. The van der Waals surface area contributed by atoms with E-state index >= 15 is 0 Å². The summed E-state index contributed by atoms with van der Waals surface area (Å²) >= 11 is 0. The Morgan fingerprint density at radius 3 is 1.70 bits per heavy atom. The van der Waals surface area contributed by atoms with Crippen molar-refractivity contribution in [1.82, 2.24) is 0 Å². The molecule has 5 N–H and O–H groups in total. The second-order valence-corrected chi connectivity index (χ2v) is 5.42. The minimum Gasteiger partial charge on any atom is -0.479 e. The topological polar surface area (TPSA) is 145 Å². The van der Waals surface area contributed by atoms with Crippen molar-refractivity contribution in [1.29, 1.82) is 0 Å². The van der Waals surface area contributed by atoms with Gasteiger partial charge in [-0.05, 0) is 38.4 Å². The van der Waals surface area contributed by atoms with Gasteiger partial charge in [0.2, 0.25) is 0 Å². The van der Waals surface area contributed by atoms with Crippen LogP contribution in [0, 0.1) is 0 Å². The average molecular weight is 328 g/mol. The van der Waals surface area contributed by atoms with Crippen LogP contribution in [0.3, 0.4) is 0 Å². The molecule has 128 valence electrons. The van der Waals surface area contributed by atoms with Gasteiger partial charge in [0.1, 0.15) is 0 Å². The highest BCUT2D eigenvalue weighted by atomic mass is 16.5. The summed E-state index contributed by atoms with van der Waals surface area (Å²) in [5, 5.41) is 44.0. The lowest BCUT2D eigenvalue weighted by Gasteiger charge is -2.30. The first kappa shape index (κ1) is 21.1. The Bertz CT molecular complexity index is 531. The Hall–Kier alpha value is -1.94. The lowest BCUT2D eigenvalue weighted by atomic mass is 9.80. The van der Waals surface area contributed by atoms with Gasteiger partial charge in [-0.25, -0.2) is 9.59 Å². The molecule has 0 amide bonds. The van der Waals surface area contributed by atoms with Crippen LogP contribution in [0.5, 0.6) is 0 Å². The number of methoxy groups -OCH3 is 1. The summed E-state index contributed by atoms with van der Waals surface area (Å²) in [4.78, 5) is 21.2. The zero-order valence-electron chi connectivity index (χ0n) is 13.3. The first-order valence-electron chi connectivity index (χ1n) is 6.57. The van der Waals surface area contributed by atoms with Gasteiger partial charge in [-0.1, -0.05) is 12.1 Å². The molecule has 1 aromatic carbocycles. The summed E-state index contributed by atoms with van der Waals surface area (Å²) in [7, 11) is -0.219. The molecule has 8 nitrogen and oxygen atoms in total. The van der Waals surface area contributed by atoms with Gasteiger partial charge in [-0.15, -0.1) is 0 Å². The number of hydrogen-bond donors (Lipinski definition) is 5. The second-order valence-electron chi connectivity index (χ2n) is 5.42. The van der Waals surface area contributed by atoms with Gasteiger partial charge in [0.05, 0.1) is 18.3 Å². The monoisotopic (exact) mass is 328 g/mol. The third kappa shape index (κ3) is 5.99. The van der Waals surface area contributed by atoms with Crippen LogP contribution in [0.15, 0.2) is 24.3 Å². The maximum absolute atomic E-state index is 10.9. The van der Waals surface area contributed by atoms with Crippen LogP contribution in [0.2, 0.25) is 0 Å². The molecule has 0 bridgehead atoms. The number of benzene rings is 1. The third-order valence-electron chi connectivity index (χ3n) is 3.24. The van der Waals surface area contributed by atoms with Crippen LogP contribution >= 0.6 is 0 Å². The molecule has 0 aromatic heterocycles. The standard InChI is InChI=1S/C8H9BO4.C6H12O4/c1-13-8(10)6-2-4-7(5-3-6)9(11)12;1-5(2,9)6(3,10)4(7)8/h2-5,11-12H,1H3;9-10H,1-3H3,(H,7,8). The molecule has 0 saturated heterocycles. The van der Waals surface area contributed by atoms with E-state index in [2.05, 4.69) is 4.74 Å². The molecule has 0 radical (unpaired) electrons. The molecule has 0 fully saturated rings. The largest absolute Gasteiger partial charge is 0.488 e. The van der Waals surface area contributed by atoms with Gasteiger partial charge in [-0.2, -0.15) is 0 Å². The molecule has 1 rings (SSSR count). The molecular formula is C14H21BO8. The minimum absolute atomic E-state index is 0.340. The van der Waals surface area contributed by atoms with Gasteiger partial charge in [0, 0.05) is 0 Å². The average Bonchev–Trinajstić information content (AvgIpc) is 2.45. The van der Waals surface area contributed by atoms with E-state index in [9.17, 15) is 9.59 Å². The van der Waals surface area contributed by atoms with Gasteiger partial charge in [-0.3, -0.25) is 0 Å². The van der Waals surface area contributed by atoms with E-state index in [-0.39, 0.29) is 0 Å². The van der Waals surface area contributed by atoms with E-state index in [0.29, 0.717) is 11.0 Å². The Balaban J connectivity index is 0.000000438. The first-order valence-corrected chi connectivity index (χ1v) is 6.57. The Morgan fingerprint density at radius 2 is 1.48 bits per heavy atom. The molecule has 1 atom stereocenters. The highest BCUT2D eigenvalue weighted by molar-refractivity contribution is 6.58. The van der Waals surface area contributed by atoms with E-state index in [4.69, 9.17) is 25.4 Å². The third-order valence-corrected chi connectivity index (χ3v) is 3.24. The Morgan fingerprint density at radius 1 is 1.04 bits per heavy atom. The van der Waals surface area contributed by atoms with Crippen molar-refractivity contribution < 1.29 is 39.7 Å². The highest BCUT2D eigenvalue weighted by Gasteiger charge is 2.44. The van der Waals surface area contributed by atoms with Crippen molar-refractivity contribution in [2.45, 2.75) is 32.0 Å². The number of carbonyl (C=O) groups is 2. The molecule has 9 heteroatoms. The van der Waals surface area contributed by atoms with Gasteiger partial charge in [0.15, 0.2) is 5.60 Å². The molecule has 0 aliphatic carbocycles. The number of carboxylic acid groups (broad SMARTS) is 1. The lowest BCUT2D eigenvalue weighted by molar-refractivity contribution is -0.181. The molecular weight excluding hydrogens is 307 g/mol. The number of aliphatic carboxylic acids is 1. The molecule has 0 spiro atoms. The Kier molecular flexibility index (Phi) is 7.39. The quantitative estimate of drug-likeness (QED) is 0.340. The van der Waals surface area contributed by atoms with Crippen molar-refractivity contribution >= 4 is 24.5 Å². The predicted octanol–water partition coefficient (Wildman–Crippen LogP) is -1.25. The number of hydrogen-bond acceptors (Lipinski definition) is 7. The normalized spacial score (nSPS) is 13.2. The maximum atomic E-state index is 10.9. The summed E-state index contributed by atoms with van der Waals surface area (Å²) in [6.45, 7) is 3.53. The van der Waals surface area contributed by atoms with Crippen LogP contribution < -0.4 is 5.46 Å². The fourth-order valence-corrected chi connectivity index (χ4v) is 1.17. The fraction of sp³-hybridized carbons (Fsp3) is 0.429. The van der Waals surface area contributed by atoms with Crippen molar-refractivity contribution in [3.63, 3.8) is 0 Å². The highest BCUT2D eigenvalue weighted by Crippen LogP contribution is 2.20. The number of esters is 1. The zero-order valence-corrected chi connectivity index (χ0v) is 13.3. The lowest BCUT2D eigenvalue weighted by Crippen LogP contribution is -2.53. The first-order chi connectivity index (χ1) is 10.3. The minimum atomic E-state index is -2.09. The van der Waals surface area contributed by atoms with Crippen molar-refractivity contribution in [2.24, 2.45) is 0 Å². The van der Waals surface area contributed by atoms with Crippen LogP contribution in [-0.4, -0.2) is 62.7 Å². The summed E-state index contributed by atoms with van der Waals surface area (Å²) in [5.41, 5.74) is -2.99. The second kappa shape index (κ2) is 8.07. The van der Waals surface area contributed by atoms with Crippen molar-refractivity contribution in [2.75, 3.05) is 7.11 Å². The molecule has 0 aliphatic rings. The van der Waals surface area contributed by atoms with Crippen LogP contribution in [0.4, 0.5) is 0 Å². The van der Waals surface area contributed by atoms with Crippen molar-refractivity contribution in [3.8, 4) is 0 Å². The molecule has 0 heterocycles. The molecule has 1 unspecified atom stereocenters. The van der Waals surface area contributed by atoms with E-state index in [1.807, 2.05) is 0 Å². The van der Waals surface area contributed by atoms with Gasteiger partial charge < -0.3 is 30.1 Å². The number of aliphatic hydroxyl groups is 2.